The van der Waals surface area contributed by atoms with Gasteiger partial charge < -0.3 is 10.1 Å². The van der Waals surface area contributed by atoms with Crippen molar-refractivity contribution in [3.63, 3.8) is 0 Å². The number of nitrogens with zero attached hydrogens (tertiary/aromatic N) is 2. The number of ketones is 2. The molecule has 40 heavy (non-hydrogen) atoms. The van der Waals surface area contributed by atoms with Gasteiger partial charge in [0.2, 0.25) is 5.91 Å². The molecule has 1 N–H and O–H groups in total. The van der Waals surface area contributed by atoms with E-state index in [4.69, 9.17) is 21.3 Å². The first-order valence-electron chi connectivity index (χ1n) is 14.6. The van der Waals surface area contributed by atoms with Crippen LogP contribution in [0.3, 0.4) is 0 Å². The molecule has 2 atom stereocenters. The minimum Gasteiger partial charge on any atom is -0.381 e. The third-order valence-electron chi connectivity index (χ3n) is 7.74. The summed E-state index contributed by atoms with van der Waals surface area (Å²) in [7, 11) is 0. The van der Waals surface area contributed by atoms with Crippen LogP contribution < -0.4 is 5.32 Å². The number of benzene rings is 1. The van der Waals surface area contributed by atoms with Gasteiger partial charge in [0.15, 0.2) is 5.78 Å². The van der Waals surface area contributed by atoms with Crippen molar-refractivity contribution in [1.82, 2.24) is 15.2 Å². The molecule has 1 aromatic heterocycles. The molecule has 1 saturated heterocycles. The second-order valence-electron chi connectivity index (χ2n) is 10.7. The Balaban J connectivity index is 1.73. The fourth-order valence-corrected chi connectivity index (χ4v) is 6.59. The predicted octanol–water partition coefficient (Wildman–Crippen LogP) is 6.03. The number of nitrogens with one attached hydrogen (secondary N) is 1. The van der Waals surface area contributed by atoms with Crippen LogP contribution in [0, 0.1) is 11.8 Å². The van der Waals surface area contributed by atoms with E-state index in [0.29, 0.717) is 56.0 Å². The number of ether oxygens (including phenoxy) is 1. The predicted molar refractivity (Wildman–Crippen MR) is 163 cm³/mol. The maximum Gasteiger partial charge on any atom is 0.224 e. The van der Waals surface area contributed by atoms with Crippen molar-refractivity contribution in [3.8, 4) is 0 Å². The van der Waals surface area contributed by atoms with Gasteiger partial charge in [0.1, 0.15) is 5.78 Å². The molecule has 2 aromatic rings. The van der Waals surface area contributed by atoms with Crippen molar-refractivity contribution in [2.75, 3.05) is 32.8 Å². The number of rotatable bonds is 17. The highest BCUT2D eigenvalue weighted by Crippen LogP contribution is 2.29. The van der Waals surface area contributed by atoms with Crippen LogP contribution >= 0.6 is 22.9 Å². The number of likely N-dealkylation sites (N-methyl/N-ethyl adjacent to an activating group) is 1. The van der Waals surface area contributed by atoms with Crippen molar-refractivity contribution in [1.29, 1.82) is 0 Å². The van der Waals surface area contributed by atoms with E-state index >= 15 is 0 Å². The summed E-state index contributed by atoms with van der Waals surface area (Å²) in [6.45, 7) is 13.7. The van der Waals surface area contributed by atoms with Gasteiger partial charge in [-0.3, -0.25) is 19.3 Å². The number of halogens is 1. The molecule has 0 spiro atoms. The van der Waals surface area contributed by atoms with Crippen LogP contribution in [0.1, 0.15) is 70.7 Å². The Bertz CT molecular complexity index is 1160. The molecule has 0 aliphatic carbocycles. The Morgan fingerprint density at radius 2 is 1.90 bits per heavy atom. The van der Waals surface area contributed by atoms with E-state index in [-0.39, 0.29) is 35.9 Å². The Kier molecular flexibility index (Phi) is 13.2. The summed E-state index contributed by atoms with van der Waals surface area (Å²) in [5, 5.41) is 4.73. The second-order valence-corrected chi connectivity index (χ2v) is 12.3. The van der Waals surface area contributed by atoms with E-state index in [9.17, 15) is 14.4 Å². The summed E-state index contributed by atoms with van der Waals surface area (Å²) in [5.41, 5.74) is 1.45. The van der Waals surface area contributed by atoms with Crippen LogP contribution in [0.4, 0.5) is 0 Å². The molecule has 220 valence electrons. The van der Waals surface area contributed by atoms with E-state index in [1.165, 1.54) is 11.3 Å². The number of Topliss-reactive ketones (excluding diaryl/α,β-unsaturated/α-hetero) is 2. The normalized spacial score (nSPS) is 15.7. The molecule has 0 unspecified atom stereocenters. The molecule has 3 rings (SSSR count). The number of amides is 1. The highest BCUT2D eigenvalue weighted by molar-refractivity contribution is 7.18. The van der Waals surface area contributed by atoms with E-state index < -0.39 is 5.92 Å². The molecule has 1 aliphatic heterocycles. The topological polar surface area (TPSA) is 88.6 Å². The number of carbonyl (C=O) groups excluding carboxylic acids is 3. The van der Waals surface area contributed by atoms with Crippen LogP contribution in [0.5, 0.6) is 0 Å². The summed E-state index contributed by atoms with van der Waals surface area (Å²) in [4.78, 5) is 46.3. The molecular formula is C31H44ClN3O4S. The Hall–Kier alpha value is -2.13. The summed E-state index contributed by atoms with van der Waals surface area (Å²) < 4.78 is 6.53. The van der Waals surface area contributed by atoms with Crippen LogP contribution in [0.15, 0.2) is 30.4 Å². The zero-order chi connectivity index (χ0) is 29.1. The summed E-state index contributed by atoms with van der Waals surface area (Å²) >= 11 is 7.67. The third kappa shape index (κ3) is 9.75. The number of hydrogen-bond donors (Lipinski definition) is 1. The SMILES string of the molecule is C=C(CN(CC)CC)C(=O)CC[C@@H](NC(=O)[C@@H](CC(=O)CCC)Cc1nc2ccc(Cl)cc2s1)C1CCOCC1. The summed E-state index contributed by atoms with van der Waals surface area (Å²) in [5.74, 6) is -0.324. The molecule has 7 nitrogen and oxygen atoms in total. The van der Waals surface area contributed by atoms with Gasteiger partial charge in [0.25, 0.3) is 0 Å². The van der Waals surface area contributed by atoms with Crippen LogP contribution in [-0.4, -0.2) is 66.2 Å². The number of aromatic nitrogens is 1. The van der Waals surface area contributed by atoms with E-state index in [2.05, 4.69) is 30.6 Å². The molecule has 1 aromatic carbocycles. The zero-order valence-corrected chi connectivity index (χ0v) is 25.7. The number of thiazole rings is 1. The van der Waals surface area contributed by atoms with Gasteiger partial charge in [0, 0.05) is 62.1 Å². The third-order valence-corrected chi connectivity index (χ3v) is 9.01. The number of carbonyl (C=O) groups is 3. The van der Waals surface area contributed by atoms with Crippen LogP contribution in [0.2, 0.25) is 5.02 Å². The molecule has 0 saturated carbocycles. The average Bonchev–Trinajstić information content (AvgIpc) is 3.35. The Morgan fingerprint density at radius 3 is 2.58 bits per heavy atom. The molecule has 9 heteroatoms. The largest absolute Gasteiger partial charge is 0.381 e. The van der Waals surface area contributed by atoms with E-state index in [1.807, 2.05) is 19.1 Å². The molecule has 0 bridgehead atoms. The first-order valence-corrected chi connectivity index (χ1v) is 15.8. The standard InChI is InChI=1S/C31H44ClN3O4S/c1-5-8-25(36)17-23(18-30-33-27-10-9-24(32)19-29(27)40-30)31(38)34-26(22-13-15-39-16-14-22)11-12-28(37)21(4)20-35(6-2)7-3/h9-10,19,22-23,26H,4-8,11-18,20H2,1-3H3,(H,34,38)/t23-,26+/m0/s1. The van der Waals surface area contributed by atoms with Crippen LogP contribution in [-0.2, 0) is 25.5 Å². The quantitative estimate of drug-likeness (QED) is 0.227. The first kappa shape index (κ1) is 32.4. The fraction of sp³-hybridized carbons (Fsp3) is 0.613. The zero-order valence-electron chi connectivity index (χ0n) is 24.2. The van der Waals surface area contributed by atoms with Gasteiger partial charge in [-0.05, 0) is 62.9 Å². The van der Waals surface area contributed by atoms with Gasteiger partial charge in [-0.1, -0.05) is 39.0 Å². The fourth-order valence-electron chi connectivity index (χ4n) is 5.27. The molecule has 1 aliphatic rings. The van der Waals surface area contributed by atoms with Gasteiger partial charge in [-0.15, -0.1) is 11.3 Å². The Labute approximate surface area is 247 Å². The van der Waals surface area contributed by atoms with Crippen molar-refractivity contribution in [2.24, 2.45) is 11.8 Å². The lowest BCUT2D eigenvalue weighted by atomic mass is 9.86. The highest BCUT2D eigenvalue weighted by Gasteiger charge is 2.30. The first-order chi connectivity index (χ1) is 19.2. The molecule has 0 radical (unpaired) electrons. The van der Waals surface area contributed by atoms with Crippen molar-refractivity contribution in [3.05, 3.63) is 40.4 Å². The average molecular weight is 590 g/mol. The smallest absolute Gasteiger partial charge is 0.224 e. The van der Waals surface area contributed by atoms with Gasteiger partial charge >= 0.3 is 0 Å². The lowest BCUT2D eigenvalue weighted by Crippen LogP contribution is -2.46. The van der Waals surface area contributed by atoms with Crippen LogP contribution in [0.25, 0.3) is 10.2 Å². The minimum atomic E-state index is -0.522. The van der Waals surface area contributed by atoms with Crippen molar-refractivity contribution >= 4 is 50.6 Å². The Morgan fingerprint density at radius 1 is 1.18 bits per heavy atom. The second kappa shape index (κ2) is 16.3. The molecule has 2 heterocycles. The summed E-state index contributed by atoms with van der Waals surface area (Å²) in [6.07, 6.45) is 4.30. The molecular weight excluding hydrogens is 546 g/mol. The maximum absolute atomic E-state index is 13.8. The maximum atomic E-state index is 13.8. The van der Waals surface area contributed by atoms with Gasteiger partial charge in [0.05, 0.1) is 21.1 Å². The van der Waals surface area contributed by atoms with Crippen molar-refractivity contribution < 1.29 is 19.1 Å². The van der Waals surface area contributed by atoms with E-state index in [1.54, 1.807) is 6.07 Å². The molecule has 1 amide bonds. The number of fused-ring (bicyclic) bond motifs is 1. The highest BCUT2D eigenvalue weighted by atomic mass is 35.5. The van der Waals surface area contributed by atoms with E-state index in [0.717, 1.165) is 47.6 Å². The van der Waals surface area contributed by atoms with Gasteiger partial charge in [-0.2, -0.15) is 0 Å². The summed E-state index contributed by atoms with van der Waals surface area (Å²) in [6, 6.07) is 5.39. The minimum absolute atomic E-state index is 0.0426. The monoisotopic (exact) mass is 589 g/mol. The van der Waals surface area contributed by atoms with Crippen molar-refractivity contribution in [2.45, 2.75) is 78.2 Å². The lowest BCUT2D eigenvalue weighted by molar-refractivity contribution is -0.130. The molecule has 1 fully saturated rings. The van der Waals surface area contributed by atoms with Gasteiger partial charge in [-0.25, -0.2) is 4.98 Å². The number of hydrogen-bond acceptors (Lipinski definition) is 7. The lowest BCUT2D eigenvalue weighted by Gasteiger charge is -2.32.